The van der Waals surface area contributed by atoms with Gasteiger partial charge in [-0.3, -0.25) is 14.9 Å². The van der Waals surface area contributed by atoms with Crippen LogP contribution in [0.4, 0.5) is 9.80 Å². The third-order valence-electron chi connectivity index (χ3n) is 4.72. The number of para-hydroxylation sites is 1. The highest BCUT2D eigenvalue weighted by atomic mass is 32.1. The molecule has 0 saturated carbocycles. The van der Waals surface area contributed by atoms with Crippen molar-refractivity contribution in [3.63, 3.8) is 0 Å². The first-order valence-corrected chi connectivity index (χ1v) is 9.74. The van der Waals surface area contributed by atoms with Gasteiger partial charge < -0.3 is 14.8 Å². The second-order valence-corrected chi connectivity index (χ2v) is 7.76. The Bertz CT molecular complexity index is 921. The number of nitrogens with one attached hydrogen (secondary N) is 2. The van der Waals surface area contributed by atoms with Gasteiger partial charge in [0.05, 0.1) is 25.3 Å². The topological polar surface area (TPSA) is 93.7 Å². The Labute approximate surface area is 167 Å². The molecule has 8 heteroatoms. The number of fused-ring (bicyclic) bond motifs is 1. The number of ether oxygens (including phenoxy) is 2. The molecular formula is C20H22N2O5S. The van der Waals surface area contributed by atoms with Crippen molar-refractivity contribution in [2.45, 2.75) is 26.2 Å². The number of carbonyl (C=O) groups excluding carboxylic acids is 3. The van der Waals surface area contributed by atoms with E-state index in [4.69, 9.17) is 4.74 Å². The molecule has 2 aromatic rings. The quantitative estimate of drug-likeness (QED) is 0.815. The number of carbonyl (C=O) groups is 3. The molecule has 1 aromatic carbocycles. The zero-order valence-corrected chi connectivity index (χ0v) is 16.8. The predicted molar refractivity (Wildman–Crippen MR) is 106 cm³/mol. The van der Waals surface area contributed by atoms with Crippen LogP contribution in [0.5, 0.6) is 5.75 Å². The number of rotatable bonds is 4. The summed E-state index contributed by atoms with van der Waals surface area (Å²) in [5.74, 6) is -0.0126. The molecule has 28 heavy (non-hydrogen) atoms. The smallest absolute Gasteiger partial charge is 0.413 e. The molecule has 0 fully saturated rings. The Hall–Kier alpha value is -2.87. The molecule has 2 N–H and O–H groups in total. The minimum atomic E-state index is -0.837. The van der Waals surface area contributed by atoms with Crippen LogP contribution in [0.2, 0.25) is 0 Å². The number of amides is 3. The lowest BCUT2D eigenvalue weighted by Gasteiger charge is -2.18. The van der Waals surface area contributed by atoms with Crippen molar-refractivity contribution in [2.24, 2.45) is 5.92 Å². The van der Waals surface area contributed by atoms with Gasteiger partial charge in [-0.25, -0.2) is 4.79 Å². The molecule has 148 valence electrons. The summed E-state index contributed by atoms with van der Waals surface area (Å²) in [6.07, 6.45) is 1.67. The maximum Gasteiger partial charge on any atom is 0.413 e. The summed E-state index contributed by atoms with van der Waals surface area (Å²) >= 11 is 1.38. The van der Waals surface area contributed by atoms with E-state index in [1.807, 2.05) is 0 Å². The fourth-order valence-corrected chi connectivity index (χ4v) is 4.69. The average Bonchev–Trinajstić information content (AvgIpc) is 3.04. The van der Waals surface area contributed by atoms with Crippen LogP contribution >= 0.6 is 11.3 Å². The summed E-state index contributed by atoms with van der Waals surface area (Å²) < 4.78 is 9.78. The molecule has 0 spiro atoms. The molecule has 0 saturated heterocycles. The summed E-state index contributed by atoms with van der Waals surface area (Å²) in [4.78, 5) is 38.1. The van der Waals surface area contributed by atoms with Crippen LogP contribution < -0.4 is 15.4 Å². The summed E-state index contributed by atoms with van der Waals surface area (Å²) in [6, 6.07) is 6.86. The van der Waals surface area contributed by atoms with Gasteiger partial charge in [-0.1, -0.05) is 19.1 Å². The molecule has 1 aliphatic carbocycles. The van der Waals surface area contributed by atoms with Crippen molar-refractivity contribution >= 4 is 34.2 Å². The lowest BCUT2D eigenvalue weighted by atomic mass is 9.88. The molecular weight excluding hydrogens is 380 g/mol. The van der Waals surface area contributed by atoms with E-state index < -0.39 is 12.0 Å². The van der Waals surface area contributed by atoms with Crippen LogP contribution in [0.25, 0.3) is 0 Å². The largest absolute Gasteiger partial charge is 0.496 e. The number of imide groups is 1. The molecule has 1 heterocycles. The van der Waals surface area contributed by atoms with E-state index in [1.165, 1.54) is 25.6 Å². The van der Waals surface area contributed by atoms with Gasteiger partial charge >= 0.3 is 6.09 Å². The van der Waals surface area contributed by atoms with E-state index in [0.717, 1.165) is 29.7 Å². The molecule has 1 atom stereocenters. The number of hydrogen-bond acceptors (Lipinski definition) is 6. The number of benzene rings is 1. The lowest BCUT2D eigenvalue weighted by molar-refractivity contribution is 0.0937. The van der Waals surface area contributed by atoms with Crippen LogP contribution in [-0.4, -0.2) is 32.1 Å². The lowest BCUT2D eigenvalue weighted by Crippen LogP contribution is -2.31. The summed E-state index contributed by atoms with van der Waals surface area (Å²) in [6.45, 7) is 2.16. The van der Waals surface area contributed by atoms with Crippen molar-refractivity contribution in [2.75, 3.05) is 19.5 Å². The maximum atomic E-state index is 12.8. The van der Waals surface area contributed by atoms with E-state index in [9.17, 15) is 14.4 Å². The fourth-order valence-electron chi connectivity index (χ4n) is 3.29. The molecule has 0 bridgehead atoms. The van der Waals surface area contributed by atoms with Crippen LogP contribution in [0.3, 0.4) is 0 Å². The van der Waals surface area contributed by atoms with Gasteiger partial charge in [0.25, 0.3) is 11.8 Å². The number of methoxy groups -OCH3 is 2. The summed E-state index contributed by atoms with van der Waals surface area (Å²) in [5.41, 5.74) is 1.59. The number of hydrogen-bond donors (Lipinski definition) is 2. The Kier molecular flexibility index (Phi) is 5.99. The highest BCUT2D eigenvalue weighted by Crippen LogP contribution is 2.40. The van der Waals surface area contributed by atoms with Crippen molar-refractivity contribution in [3.05, 3.63) is 45.8 Å². The van der Waals surface area contributed by atoms with Crippen molar-refractivity contribution in [1.29, 1.82) is 0 Å². The van der Waals surface area contributed by atoms with Crippen molar-refractivity contribution in [1.82, 2.24) is 5.32 Å². The molecule has 7 nitrogen and oxygen atoms in total. The summed E-state index contributed by atoms with van der Waals surface area (Å²) in [5, 5.41) is 5.46. The second kappa shape index (κ2) is 8.43. The maximum absolute atomic E-state index is 12.8. The average molecular weight is 402 g/mol. The van der Waals surface area contributed by atoms with Crippen LogP contribution in [-0.2, 0) is 17.6 Å². The molecule has 0 aliphatic heterocycles. The van der Waals surface area contributed by atoms with E-state index in [0.29, 0.717) is 27.8 Å². The summed E-state index contributed by atoms with van der Waals surface area (Å²) in [7, 11) is 2.68. The first-order chi connectivity index (χ1) is 13.4. The Morgan fingerprint density at radius 3 is 2.61 bits per heavy atom. The third kappa shape index (κ3) is 4.01. The normalized spacial score (nSPS) is 15.3. The van der Waals surface area contributed by atoms with E-state index >= 15 is 0 Å². The van der Waals surface area contributed by atoms with Gasteiger partial charge in [0.2, 0.25) is 0 Å². The molecule has 3 rings (SSSR count). The van der Waals surface area contributed by atoms with Crippen molar-refractivity contribution < 1.29 is 23.9 Å². The number of thiophene rings is 1. The molecule has 1 aromatic heterocycles. The monoisotopic (exact) mass is 402 g/mol. The minimum absolute atomic E-state index is 0.334. The molecule has 3 amide bonds. The first kappa shape index (κ1) is 19.9. The van der Waals surface area contributed by atoms with Crippen LogP contribution in [0, 0.1) is 5.92 Å². The van der Waals surface area contributed by atoms with Gasteiger partial charge in [0, 0.05) is 4.88 Å². The van der Waals surface area contributed by atoms with Gasteiger partial charge in [-0.15, -0.1) is 11.3 Å². The Balaban J connectivity index is 1.96. The zero-order chi connectivity index (χ0) is 20.3. The van der Waals surface area contributed by atoms with E-state index in [2.05, 4.69) is 22.3 Å². The molecule has 1 aliphatic rings. The van der Waals surface area contributed by atoms with Gasteiger partial charge in [-0.2, -0.15) is 0 Å². The first-order valence-electron chi connectivity index (χ1n) is 8.92. The fraction of sp³-hybridized carbons (Fsp3) is 0.350. The van der Waals surface area contributed by atoms with Crippen molar-refractivity contribution in [3.8, 4) is 5.75 Å². The third-order valence-corrected chi connectivity index (χ3v) is 5.89. The van der Waals surface area contributed by atoms with Gasteiger partial charge in [-0.05, 0) is 42.9 Å². The van der Waals surface area contributed by atoms with Crippen LogP contribution in [0.1, 0.15) is 44.5 Å². The molecule has 0 unspecified atom stereocenters. The minimum Gasteiger partial charge on any atom is -0.496 e. The standard InChI is InChI=1S/C20H22N2O5S/c1-11-8-9-13-15(10-11)28-19(16(13)18(24)22-20(25)27-3)21-17(23)12-6-4-5-7-14(12)26-2/h4-7,11H,8-10H2,1-3H3,(H,21,23)(H,22,24,25)/t11-/m1/s1. The predicted octanol–water partition coefficient (Wildman–Crippen LogP) is 3.63. The van der Waals surface area contributed by atoms with E-state index in [1.54, 1.807) is 24.3 Å². The SMILES string of the molecule is COC(=O)NC(=O)c1c(NC(=O)c2ccccc2OC)sc2c1CC[C@@H](C)C2. The van der Waals surface area contributed by atoms with Gasteiger partial charge in [0.15, 0.2) is 0 Å². The van der Waals surface area contributed by atoms with Crippen LogP contribution in [0.15, 0.2) is 24.3 Å². The number of alkyl carbamates (subject to hydrolysis) is 1. The number of anilines is 1. The molecule has 0 radical (unpaired) electrons. The Morgan fingerprint density at radius 2 is 1.89 bits per heavy atom. The Morgan fingerprint density at radius 1 is 1.14 bits per heavy atom. The van der Waals surface area contributed by atoms with E-state index in [-0.39, 0.29) is 5.91 Å². The second-order valence-electron chi connectivity index (χ2n) is 6.66. The highest BCUT2D eigenvalue weighted by Gasteiger charge is 2.29. The highest BCUT2D eigenvalue weighted by molar-refractivity contribution is 7.17. The zero-order valence-electron chi connectivity index (χ0n) is 16.0. The van der Waals surface area contributed by atoms with Gasteiger partial charge in [0.1, 0.15) is 10.8 Å².